The van der Waals surface area contributed by atoms with Crippen LogP contribution in [0.1, 0.15) is 0 Å². The molecule has 176 valence electrons. The molecule has 0 fully saturated rings. The zero-order chi connectivity index (χ0) is 24.5. The summed E-state index contributed by atoms with van der Waals surface area (Å²) >= 11 is 0. The fourth-order valence-corrected chi connectivity index (χ4v) is 2.65. The first-order valence-corrected chi connectivity index (χ1v) is 7.34. The van der Waals surface area contributed by atoms with Crippen molar-refractivity contribution in [1.82, 2.24) is 0 Å². The second-order valence-corrected chi connectivity index (χ2v) is 7.15. The molecule has 0 atom stereocenters. The maximum absolute atomic E-state index is 13.1. The molecule has 0 unspecified atom stereocenters. The van der Waals surface area contributed by atoms with Crippen molar-refractivity contribution in [2.24, 2.45) is 0 Å². The quantitative estimate of drug-likeness (QED) is 0.296. The summed E-state index contributed by atoms with van der Waals surface area (Å²) in [5, 5.41) is 0. The Morgan fingerprint density at radius 3 is 0.733 bits per heavy atom. The Morgan fingerprint density at radius 1 is 0.433 bits per heavy atom. The van der Waals surface area contributed by atoms with Gasteiger partial charge in [0.15, 0.2) is 7.37 Å². The molecule has 0 aliphatic carbocycles. The molecule has 0 saturated carbocycles. The zero-order valence-electron chi connectivity index (χ0n) is 13.1. The number of alkyl halides is 18. The minimum Gasteiger partial charge on any atom is -0.791 e. The van der Waals surface area contributed by atoms with E-state index in [0.29, 0.717) is 0 Å². The Balaban J connectivity index is 0. The van der Waals surface area contributed by atoms with Gasteiger partial charge in [0.1, 0.15) is 0 Å². The van der Waals surface area contributed by atoms with Crippen LogP contribution in [0, 0.1) is 0 Å². The van der Waals surface area contributed by atoms with Crippen molar-refractivity contribution in [1.29, 1.82) is 0 Å². The SMILES string of the molecule is O=P([O-])(C(F)(F)C(F)(F)C(F)(F)C(F)(F)F)C(F)(F)C(F)(F)C(F)(F)C(F)(F)F.[K+]. The van der Waals surface area contributed by atoms with Crippen LogP contribution in [-0.4, -0.2) is 47.4 Å². The molecule has 0 aromatic rings. The first-order chi connectivity index (χ1) is 12.0. The van der Waals surface area contributed by atoms with Crippen LogP contribution in [0.3, 0.4) is 0 Å². The van der Waals surface area contributed by atoms with Crippen LogP contribution in [0.2, 0.25) is 0 Å². The van der Waals surface area contributed by atoms with Gasteiger partial charge in [-0.25, -0.2) is 0 Å². The average molecular weight is 540 g/mol. The molecule has 22 heteroatoms. The van der Waals surface area contributed by atoms with Gasteiger partial charge in [0.25, 0.3) is 0 Å². The molecule has 0 N–H and O–H groups in total. The van der Waals surface area contributed by atoms with Crippen LogP contribution in [-0.2, 0) is 4.57 Å². The Hall–Kier alpha value is 0.566. The third-order valence-corrected chi connectivity index (χ3v) is 5.04. The largest absolute Gasteiger partial charge is 1.00 e. The van der Waals surface area contributed by atoms with Gasteiger partial charge >= 0.3 is 98.8 Å². The molecule has 0 aromatic carbocycles. The standard InChI is InChI=1S/C8HF18O2P.K/c9-1(10,5(17,18)19)3(13,14)7(23,24)29(27,28)8(25,26)4(15,16)2(11,12)6(20,21)22;/h(H,27,28);/q;+1/p-1. The van der Waals surface area contributed by atoms with Gasteiger partial charge in [-0.2, -0.15) is 79.0 Å². The first-order valence-electron chi connectivity index (χ1n) is 5.71. The number of hydrogen-bond donors (Lipinski definition) is 0. The summed E-state index contributed by atoms with van der Waals surface area (Å²) in [5.74, 6) is -33.7. The predicted molar refractivity (Wildman–Crippen MR) is 49.4 cm³/mol. The molecule has 0 amide bonds. The van der Waals surface area contributed by atoms with Crippen LogP contribution >= 0.6 is 7.37 Å². The number of hydrogen-bond acceptors (Lipinski definition) is 2. The molecule has 0 bridgehead atoms. The van der Waals surface area contributed by atoms with Crippen LogP contribution in [0.15, 0.2) is 0 Å². The molecular formula is C8F18KO2P. The summed E-state index contributed by atoms with van der Waals surface area (Å²) in [6.45, 7) is 0. The van der Waals surface area contributed by atoms with Gasteiger partial charge in [-0.1, -0.05) is 0 Å². The minimum absolute atomic E-state index is 0. The van der Waals surface area contributed by atoms with Crippen LogP contribution in [0.25, 0.3) is 0 Å². The molecular weight excluding hydrogens is 540 g/mol. The molecule has 0 radical (unpaired) electrons. The normalized spacial score (nSPS) is 16.4. The second-order valence-electron chi connectivity index (χ2n) is 4.93. The molecule has 0 spiro atoms. The Kier molecular flexibility index (Phi) is 8.84. The zero-order valence-corrected chi connectivity index (χ0v) is 17.1. The predicted octanol–water partition coefficient (Wildman–Crippen LogP) is 2.48. The van der Waals surface area contributed by atoms with E-state index in [2.05, 4.69) is 0 Å². The van der Waals surface area contributed by atoms with Gasteiger partial charge in [-0.05, 0) is 0 Å². The third-order valence-electron chi connectivity index (χ3n) is 3.00. The van der Waals surface area contributed by atoms with E-state index in [4.69, 9.17) is 0 Å². The summed E-state index contributed by atoms with van der Waals surface area (Å²) in [4.78, 5) is 10.7. The van der Waals surface area contributed by atoms with E-state index < -0.39 is 54.7 Å². The topological polar surface area (TPSA) is 40.1 Å². The maximum Gasteiger partial charge on any atom is 1.00 e. The van der Waals surface area contributed by atoms with E-state index >= 15 is 0 Å². The van der Waals surface area contributed by atoms with Crippen molar-refractivity contribution in [3.8, 4) is 0 Å². The van der Waals surface area contributed by atoms with Crippen LogP contribution < -0.4 is 56.3 Å². The second kappa shape index (κ2) is 8.10. The summed E-state index contributed by atoms with van der Waals surface area (Å²) in [6, 6.07) is 0. The van der Waals surface area contributed by atoms with E-state index in [1.807, 2.05) is 0 Å². The van der Waals surface area contributed by atoms with Gasteiger partial charge in [0, 0.05) is 0 Å². The molecule has 2 nitrogen and oxygen atoms in total. The molecule has 0 heterocycles. The van der Waals surface area contributed by atoms with Crippen molar-refractivity contribution in [2.45, 2.75) is 47.4 Å². The van der Waals surface area contributed by atoms with Crippen molar-refractivity contribution in [3.63, 3.8) is 0 Å². The smallest absolute Gasteiger partial charge is 0.791 e. The molecule has 0 aromatic heterocycles. The summed E-state index contributed by atoms with van der Waals surface area (Å²) in [6.07, 6.45) is -15.7. The van der Waals surface area contributed by atoms with Crippen molar-refractivity contribution < 1.29 is 140 Å². The molecule has 0 aliphatic heterocycles. The van der Waals surface area contributed by atoms with Crippen molar-refractivity contribution in [2.75, 3.05) is 0 Å². The van der Waals surface area contributed by atoms with E-state index in [0.717, 1.165) is 0 Å². The van der Waals surface area contributed by atoms with Gasteiger partial charge in [0.05, 0.1) is 0 Å². The van der Waals surface area contributed by atoms with Crippen molar-refractivity contribution >= 4 is 7.37 Å². The monoisotopic (exact) mass is 540 g/mol. The third kappa shape index (κ3) is 4.12. The molecule has 30 heavy (non-hydrogen) atoms. The van der Waals surface area contributed by atoms with E-state index in [1.54, 1.807) is 0 Å². The van der Waals surface area contributed by atoms with Gasteiger partial charge in [-0.15, -0.1) is 0 Å². The summed E-state index contributed by atoms with van der Waals surface area (Å²) < 4.78 is 235. The van der Waals surface area contributed by atoms with Gasteiger partial charge in [-0.3, -0.25) is 0 Å². The number of rotatable bonds is 6. The number of halogens is 18. The fourth-order valence-electron chi connectivity index (χ4n) is 1.28. The van der Waals surface area contributed by atoms with Gasteiger partial charge in [0.2, 0.25) is 0 Å². The van der Waals surface area contributed by atoms with Gasteiger partial charge < -0.3 is 9.46 Å². The van der Waals surface area contributed by atoms with E-state index in [9.17, 15) is 88.5 Å². The van der Waals surface area contributed by atoms with Crippen LogP contribution in [0.5, 0.6) is 0 Å². The molecule has 0 aliphatic rings. The Labute approximate surface area is 193 Å². The Morgan fingerprint density at radius 2 is 0.600 bits per heavy atom. The van der Waals surface area contributed by atoms with E-state index in [1.165, 1.54) is 0 Å². The molecule has 0 rings (SSSR count). The minimum atomic E-state index is -10.1. The first kappa shape index (κ1) is 32.7. The van der Waals surface area contributed by atoms with E-state index in [-0.39, 0.29) is 51.4 Å². The maximum atomic E-state index is 13.1. The summed E-state index contributed by atoms with van der Waals surface area (Å²) in [5.41, 5.74) is -17.2. The summed E-state index contributed by atoms with van der Waals surface area (Å²) in [7, 11) is -10.1. The fraction of sp³-hybridized carbons (Fsp3) is 1.00. The Bertz CT molecular complexity index is 623. The molecule has 0 saturated heterocycles. The average Bonchev–Trinajstić information content (AvgIpc) is 2.43. The van der Waals surface area contributed by atoms with Crippen LogP contribution in [0.4, 0.5) is 79.0 Å². The van der Waals surface area contributed by atoms with Crippen molar-refractivity contribution in [3.05, 3.63) is 0 Å².